The van der Waals surface area contributed by atoms with Crippen LogP contribution in [0, 0.1) is 0 Å². The third-order valence-corrected chi connectivity index (χ3v) is 2.80. The van der Waals surface area contributed by atoms with Gasteiger partial charge in [0.2, 0.25) is 0 Å². The number of hydrogen-bond acceptors (Lipinski definition) is 3. The fraction of sp³-hybridized carbons (Fsp3) is 0.500. The zero-order valence-electron chi connectivity index (χ0n) is 9.53. The van der Waals surface area contributed by atoms with Gasteiger partial charge in [0, 0.05) is 12.0 Å². The molecule has 1 rings (SSSR count). The minimum Gasteiger partial charge on any atom is -0.492 e. The normalized spacial score (nSPS) is 11.6. The largest absolute Gasteiger partial charge is 0.492 e. The number of halogens is 1. The average Bonchev–Trinajstić information content (AvgIpc) is 2.18. The van der Waals surface area contributed by atoms with Gasteiger partial charge in [0.05, 0.1) is 23.3 Å². The van der Waals surface area contributed by atoms with Gasteiger partial charge in [0.15, 0.2) is 0 Å². The average molecular weight is 289 g/mol. The summed E-state index contributed by atoms with van der Waals surface area (Å²) in [6.07, 6.45) is 0.541. The van der Waals surface area contributed by atoms with Crippen molar-refractivity contribution >= 4 is 15.9 Å². The van der Waals surface area contributed by atoms with Gasteiger partial charge >= 0.3 is 0 Å². The van der Waals surface area contributed by atoms with Crippen molar-refractivity contribution in [1.82, 2.24) is 0 Å². The molecule has 0 aliphatic heterocycles. The Morgan fingerprint density at radius 2 is 2.06 bits per heavy atom. The van der Waals surface area contributed by atoms with E-state index in [4.69, 9.17) is 9.84 Å². The molecule has 0 fully saturated rings. The molecule has 4 heteroatoms. The Hall–Kier alpha value is -0.580. The molecule has 0 heterocycles. The first-order chi connectivity index (χ1) is 7.44. The van der Waals surface area contributed by atoms with E-state index >= 15 is 0 Å². The van der Waals surface area contributed by atoms with Crippen LogP contribution in [0.15, 0.2) is 22.7 Å². The molecule has 0 bridgehead atoms. The molecule has 0 atom stereocenters. The Morgan fingerprint density at radius 3 is 2.62 bits per heavy atom. The smallest absolute Gasteiger partial charge is 0.138 e. The molecule has 1 aromatic rings. The highest BCUT2D eigenvalue weighted by molar-refractivity contribution is 9.10. The van der Waals surface area contributed by atoms with Crippen molar-refractivity contribution in [3.8, 4) is 5.75 Å². The first-order valence-electron chi connectivity index (χ1n) is 5.17. The first kappa shape index (κ1) is 13.5. The SMILES string of the molecule is CC(C)(O)CCOc1c(Br)cccc1CO. The molecule has 3 nitrogen and oxygen atoms in total. The van der Waals surface area contributed by atoms with Gasteiger partial charge < -0.3 is 14.9 Å². The Balaban J connectivity index is 2.66. The van der Waals surface area contributed by atoms with Crippen molar-refractivity contribution in [3.63, 3.8) is 0 Å². The van der Waals surface area contributed by atoms with Gasteiger partial charge in [-0.25, -0.2) is 0 Å². The fourth-order valence-corrected chi connectivity index (χ4v) is 1.76. The molecule has 0 saturated carbocycles. The predicted octanol–water partition coefficient (Wildman–Crippen LogP) is 2.48. The van der Waals surface area contributed by atoms with E-state index in [1.54, 1.807) is 13.8 Å². The van der Waals surface area contributed by atoms with E-state index in [9.17, 15) is 5.11 Å². The highest BCUT2D eigenvalue weighted by Gasteiger charge is 2.13. The highest BCUT2D eigenvalue weighted by atomic mass is 79.9. The summed E-state index contributed by atoms with van der Waals surface area (Å²) in [6, 6.07) is 5.52. The van der Waals surface area contributed by atoms with Crippen molar-refractivity contribution in [2.45, 2.75) is 32.5 Å². The summed E-state index contributed by atoms with van der Waals surface area (Å²) in [5.41, 5.74) is 0.00537. The Morgan fingerprint density at radius 1 is 1.38 bits per heavy atom. The van der Waals surface area contributed by atoms with Crippen molar-refractivity contribution in [2.24, 2.45) is 0 Å². The summed E-state index contributed by atoms with van der Waals surface area (Å²) in [7, 11) is 0. The van der Waals surface area contributed by atoms with Crippen molar-refractivity contribution in [3.05, 3.63) is 28.2 Å². The van der Waals surface area contributed by atoms with Gasteiger partial charge in [-0.15, -0.1) is 0 Å². The fourth-order valence-electron chi connectivity index (χ4n) is 1.24. The van der Waals surface area contributed by atoms with Gasteiger partial charge in [-0.2, -0.15) is 0 Å². The number of hydrogen-bond donors (Lipinski definition) is 2. The second kappa shape index (κ2) is 5.66. The van der Waals surface area contributed by atoms with Crippen LogP contribution in [0.4, 0.5) is 0 Å². The first-order valence-corrected chi connectivity index (χ1v) is 5.97. The van der Waals surface area contributed by atoms with Crippen LogP contribution in [0.25, 0.3) is 0 Å². The molecule has 0 aliphatic carbocycles. The van der Waals surface area contributed by atoms with Crippen LogP contribution >= 0.6 is 15.9 Å². The topological polar surface area (TPSA) is 49.7 Å². The lowest BCUT2D eigenvalue weighted by molar-refractivity contribution is 0.0549. The second-order valence-corrected chi connectivity index (χ2v) is 5.15. The summed E-state index contributed by atoms with van der Waals surface area (Å²) in [6.45, 7) is 3.84. The molecular weight excluding hydrogens is 272 g/mol. The van der Waals surface area contributed by atoms with Crippen LogP contribution in [0.2, 0.25) is 0 Å². The number of benzene rings is 1. The Bertz CT molecular complexity index is 345. The standard InChI is InChI=1S/C12H17BrO3/c1-12(2,15)6-7-16-11-9(8-14)4-3-5-10(11)13/h3-5,14-15H,6-8H2,1-2H3. The van der Waals surface area contributed by atoms with E-state index in [1.807, 2.05) is 18.2 Å². The molecule has 0 spiro atoms. The molecule has 16 heavy (non-hydrogen) atoms. The van der Waals surface area contributed by atoms with Crippen molar-refractivity contribution in [2.75, 3.05) is 6.61 Å². The summed E-state index contributed by atoms with van der Waals surface area (Å²) < 4.78 is 6.38. The number of aliphatic hydroxyl groups excluding tert-OH is 1. The summed E-state index contributed by atoms with van der Waals surface area (Å²) in [5, 5.41) is 18.7. The molecule has 2 N–H and O–H groups in total. The molecular formula is C12H17BrO3. The van der Waals surface area contributed by atoms with E-state index in [0.717, 1.165) is 10.0 Å². The molecule has 0 amide bonds. The van der Waals surface area contributed by atoms with Crippen LogP contribution < -0.4 is 4.74 Å². The van der Waals surface area contributed by atoms with E-state index in [2.05, 4.69) is 15.9 Å². The van der Waals surface area contributed by atoms with Crippen LogP contribution in [0.3, 0.4) is 0 Å². The van der Waals surface area contributed by atoms with Gasteiger partial charge in [0.25, 0.3) is 0 Å². The molecule has 0 radical (unpaired) electrons. The van der Waals surface area contributed by atoms with Crippen molar-refractivity contribution in [1.29, 1.82) is 0 Å². The third-order valence-electron chi connectivity index (χ3n) is 2.18. The summed E-state index contributed by atoms with van der Waals surface area (Å²) >= 11 is 3.37. The number of para-hydroxylation sites is 1. The second-order valence-electron chi connectivity index (χ2n) is 4.30. The molecule has 0 unspecified atom stereocenters. The molecule has 1 aromatic carbocycles. The minimum atomic E-state index is -0.735. The summed E-state index contributed by atoms with van der Waals surface area (Å²) in [4.78, 5) is 0. The maximum atomic E-state index is 9.55. The van der Waals surface area contributed by atoms with E-state index in [1.165, 1.54) is 0 Å². The van der Waals surface area contributed by atoms with Gasteiger partial charge in [-0.3, -0.25) is 0 Å². The monoisotopic (exact) mass is 288 g/mol. The van der Waals surface area contributed by atoms with Crippen molar-refractivity contribution < 1.29 is 14.9 Å². The number of ether oxygens (including phenoxy) is 1. The zero-order chi connectivity index (χ0) is 12.2. The van der Waals surface area contributed by atoms with Crippen LogP contribution in [0.1, 0.15) is 25.8 Å². The minimum absolute atomic E-state index is 0.0582. The van der Waals surface area contributed by atoms with Crippen LogP contribution in [-0.4, -0.2) is 22.4 Å². The van der Waals surface area contributed by atoms with Gasteiger partial charge in [-0.1, -0.05) is 12.1 Å². The molecule has 0 saturated heterocycles. The lowest BCUT2D eigenvalue weighted by atomic mass is 10.1. The zero-order valence-corrected chi connectivity index (χ0v) is 11.1. The maximum absolute atomic E-state index is 9.55. The number of aliphatic hydroxyl groups is 2. The third kappa shape index (κ3) is 4.12. The van der Waals surface area contributed by atoms with Crippen LogP contribution in [-0.2, 0) is 6.61 Å². The lowest BCUT2D eigenvalue weighted by Gasteiger charge is -2.18. The Labute approximate surface area is 104 Å². The van der Waals surface area contributed by atoms with Gasteiger partial charge in [-0.05, 0) is 35.8 Å². The van der Waals surface area contributed by atoms with E-state index < -0.39 is 5.60 Å². The molecule has 0 aliphatic rings. The van der Waals surface area contributed by atoms with E-state index in [0.29, 0.717) is 18.8 Å². The molecule has 90 valence electrons. The lowest BCUT2D eigenvalue weighted by Crippen LogP contribution is -2.22. The Kier molecular flexibility index (Phi) is 4.77. The van der Waals surface area contributed by atoms with Crippen LogP contribution in [0.5, 0.6) is 5.75 Å². The summed E-state index contributed by atoms with van der Waals surface area (Å²) in [5.74, 6) is 0.647. The van der Waals surface area contributed by atoms with E-state index in [-0.39, 0.29) is 6.61 Å². The predicted molar refractivity (Wildman–Crippen MR) is 66.5 cm³/mol. The highest BCUT2D eigenvalue weighted by Crippen LogP contribution is 2.29. The molecule has 0 aromatic heterocycles. The quantitative estimate of drug-likeness (QED) is 0.875. The number of rotatable bonds is 5. The maximum Gasteiger partial charge on any atom is 0.138 e. The van der Waals surface area contributed by atoms with Gasteiger partial charge in [0.1, 0.15) is 5.75 Å².